The molecule has 1 saturated heterocycles. The standard InChI is InChI=1S/C14H18FNO2/c1-10-4-6-16(7-5-10)9-11-2-3-12(15)8-13(11)14(17)18/h2-3,8,10H,4-7,9H2,1H3,(H,17,18). The molecule has 18 heavy (non-hydrogen) atoms. The first-order chi connectivity index (χ1) is 8.56. The molecule has 98 valence electrons. The lowest BCUT2D eigenvalue weighted by Gasteiger charge is -2.30. The van der Waals surface area contributed by atoms with Gasteiger partial charge in [-0.25, -0.2) is 9.18 Å². The molecule has 3 nitrogen and oxygen atoms in total. The normalized spacial score (nSPS) is 17.9. The summed E-state index contributed by atoms with van der Waals surface area (Å²) < 4.78 is 13.1. The van der Waals surface area contributed by atoms with Gasteiger partial charge in [0.15, 0.2) is 0 Å². The molecule has 0 aromatic heterocycles. The van der Waals surface area contributed by atoms with Crippen LogP contribution in [0, 0.1) is 11.7 Å². The van der Waals surface area contributed by atoms with Crippen LogP contribution in [0.15, 0.2) is 18.2 Å². The van der Waals surface area contributed by atoms with E-state index in [0.29, 0.717) is 12.1 Å². The number of aromatic carboxylic acids is 1. The summed E-state index contributed by atoms with van der Waals surface area (Å²) in [7, 11) is 0. The summed E-state index contributed by atoms with van der Waals surface area (Å²) in [6, 6.07) is 4.01. The van der Waals surface area contributed by atoms with Gasteiger partial charge in [-0.1, -0.05) is 13.0 Å². The maximum absolute atomic E-state index is 13.1. The highest BCUT2D eigenvalue weighted by Crippen LogP contribution is 2.20. The molecule has 1 aliphatic heterocycles. The van der Waals surface area contributed by atoms with Crippen LogP contribution in [0.4, 0.5) is 4.39 Å². The Morgan fingerprint density at radius 2 is 2.11 bits per heavy atom. The zero-order valence-corrected chi connectivity index (χ0v) is 10.5. The van der Waals surface area contributed by atoms with Gasteiger partial charge >= 0.3 is 5.97 Å². The van der Waals surface area contributed by atoms with Gasteiger partial charge in [0.25, 0.3) is 0 Å². The average Bonchev–Trinajstić information content (AvgIpc) is 2.34. The van der Waals surface area contributed by atoms with Crippen molar-refractivity contribution in [3.63, 3.8) is 0 Å². The third-order valence-electron chi connectivity index (χ3n) is 3.57. The second-order valence-corrected chi connectivity index (χ2v) is 5.07. The quantitative estimate of drug-likeness (QED) is 0.898. The van der Waals surface area contributed by atoms with Crippen LogP contribution in [0.5, 0.6) is 0 Å². The summed E-state index contributed by atoms with van der Waals surface area (Å²) in [5.74, 6) is -0.813. The number of carbonyl (C=O) groups is 1. The molecule has 4 heteroatoms. The zero-order valence-electron chi connectivity index (χ0n) is 10.5. The summed E-state index contributed by atoms with van der Waals surface area (Å²) in [6.07, 6.45) is 2.28. The van der Waals surface area contributed by atoms with E-state index < -0.39 is 11.8 Å². The van der Waals surface area contributed by atoms with Crippen molar-refractivity contribution < 1.29 is 14.3 Å². The van der Waals surface area contributed by atoms with E-state index in [1.807, 2.05) is 0 Å². The SMILES string of the molecule is CC1CCN(Cc2ccc(F)cc2C(=O)O)CC1. The smallest absolute Gasteiger partial charge is 0.336 e. The second kappa shape index (κ2) is 5.48. The topological polar surface area (TPSA) is 40.5 Å². The van der Waals surface area contributed by atoms with E-state index in [4.69, 9.17) is 5.11 Å². The maximum atomic E-state index is 13.1. The Kier molecular flexibility index (Phi) is 3.97. The van der Waals surface area contributed by atoms with Gasteiger partial charge in [0.1, 0.15) is 5.82 Å². The van der Waals surface area contributed by atoms with Crippen LogP contribution in [0.3, 0.4) is 0 Å². The van der Waals surface area contributed by atoms with Crippen molar-refractivity contribution >= 4 is 5.97 Å². The van der Waals surface area contributed by atoms with E-state index in [-0.39, 0.29) is 5.56 Å². The predicted octanol–water partition coefficient (Wildman–Crippen LogP) is 2.76. The van der Waals surface area contributed by atoms with Crippen LogP contribution >= 0.6 is 0 Å². The van der Waals surface area contributed by atoms with Crippen LogP contribution in [0.2, 0.25) is 0 Å². The number of halogens is 1. The minimum Gasteiger partial charge on any atom is -0.478 e. The van der Waals surface area contributed by atoms with E-state index in [1.165, 1.54) is 6.07 Å². The lowest BCUT2D eigenvalue weighted by Crippen LogP contribution is -2.32. The van der Waals surface area contributed by atoms with Crippen molar-refractivity contribution in [2.75, 3.05) is 13.1 Å². The van der Waals surface area contributed by atoms with Gasteiger partial charge in [-0.15, -0.1) is 0 Å². The number of carboxylic acid groups (broad SMARTS) is 1. The minimum absolute atomic E-state index is 0.0774. The molecule has 1 aromatic rings. The van der Waals surface area contributed by atoms with Gasteiger partial charge in [-0.2, -0.15) is 0 Å². The monoisotopic (exact) mass is 251 g/mol. The van der Waals surface area contributed by atoms with E-state index in [9.17, 15) is 9.18 Å². The van der Waals surface area contributed by atoms with Crippen molar-refractivity contribution in [2.24, 2.45) is 5.92 Å². The van der Waals surface area contributed by atoms with Crippen molar-refractivity contribution in [3.8, 4) is 0 Å². The number of piperidine rings is 1. The summed E-state index contributed by atoms with van der Waals surface area (Å²) in [4.78, 5) is 13.3. The fraction of sp³-hybridized carbons (Fsp3) is 0.500. The Balaban J connectivity index is 2.11. The lowest BCUT2D eigenvalue weighted by molar-refractivity contribution is 0.0693. The van der Waals surface area contributed by atoms with E-state index >= 15 is 0 Å². The van der Waals surface area contributed by atoms with Crippen LogP contribution in [-0.4, -0.2) is 29.1 Å². The fourth-order valence-electron chi connectivity index (χ4n) is 2.35. The first-order valence-electron chi connectivity index (χ1n) is 6.30. The molecule has 0 radical (unpaired) electrons. The highest BCUT2D eigenvalue weighted by Gasteiger charge is 2.18. The molecule has 0 aliphatic carbocycles. The number of hydrogen-bond donors (Lipinski definition) is 1. The Morgan fingerprint density at radius 3 is 2.72 bits per heavy atom. The Morgan fingerprint density at radius 1 is 1.44 bits per heavy atom. The largest absolute Gasteiger partial charge is 0.478 e. The third-order valence-corrected chi connectivity index (χ3v) is 3.57. The Labute approximate surface area is 106 Å². The van der Waals surface area contributed by atoms with Crippen LogP contribution < -0.4 is 0 Å². The van der Waals surface area contributed by atoms with E-state index in [0.717, 1.165) is 37.9 Å². The molecule has 2 rings (SSSR count). The van der Waals surface area contributed by atoms with E-state index in [1.54, 1.807) is 6.07 Å². The van der Waals surface area contributed by atoms with Gasteiger partial charge < -0.3 is 5.11 Å². The van der Waals surface area contributed by atoms with Crippen molar-refractivity contribution in [2.45, 2.75) is 26.3 Å². The molecule has 1 heterocycles. The lowest BCUT2D eigenvalue weighted by atomic mass is 9.98. The summed E-state index contributed by atoms with van der Waals surface area (Å²) in [6.45, 7) is 4.79. The Hall–Kier alpha value is -1.42. The molecule has 0 atom stereocenters. The first kappa shape index (κ1) is 13.0. The number of rotatable bonds is 3. The molecule has 1 aromatic carbocycles. The fourth-order valence-corrected chi connectivity index (χ4v) is 2.35. The molecule has 1 fully saturated rings. The van der Waals surface area contributed by atoms with Gasteiger partial charge in [0, 0.05) is 6.54 Å². The molecule has 0 unspecified atom stereocenters. The number of likely N-dealkylation sites (tertiary alicyclic amines) is 1. The molecule has 1 aliphatic rings. The highest BCUT2D eigenvalue weighted by atomic mass is 19.1. The van der Waals surface area contributed by atoms with Gasteiger partial charge in [-0.3, -0.25) is 4.90 Å². The average molecular weight is 251 g/mol. The molecule has 0 amide bonds. The Bertz CT molecular complexity index is 439. The summed E-state index contributed by atoms with van der Waals surface area (Å²) >= 11 is 0. The molecule has 1 N–H and O–H groups in total. The van der Waals surface area contributed by atoms with Crippen LogP contribution in [-0.2, 0) is 6.54 Å². The molecule has 0 saturated carbocycles. The van der Waals surface area contributed by atoms with Gasteiger partial charge in [0.2, 0.25) is 0 Å². The zero-order chi connectivity index (χ0) is 13.1. The summed E-state index contributed by atoms with van der Waals surface area (Å²) in [5.41, 5.74) is 0.770. The van der Waals surface area contributed by atoms with Crippen LogP contribution in [0.25, 0.3) is 0 Å². The number of carboxylic acids is 1. The molecular formula is C14H18FNO2. The van der Waals surface area contributed by atoms with Gasteiger partial charge in [-0.05, 0) is 49.5 Å². The molecular weight excluding hydrogens is 233 g/mol. The predicted molar refractivity (Wildman–Crippen MR) is 67.0 cm³/mol. The maximum Gasteiger partial charge on any atom is 0.336 e. The molecule has 0 bridgehead atoms. The third kappa shape index (κ3) is 3.07. The molecule has 0 spiro atoms. The minimum atomic E-state index is -1.06. The summed E-state index contributed by atoms with van der Waals surface area (Å²) in [5, 5.41) is 9.08. The highest BCUT2D eigenvalue weighted by molar-refractivity contribution is 5.89. The van der Waals surface area contributed by atoms with E-state index in [2.05, 4.69) is 11.8 Å². The number of nitrogens with zero attached hydrogens (tertiary/aromatic N) is 1. The number of hydrogen-bond acceptors (Lipinski definition) is 2. The van der Waals surface area contributed by atoms with Gasteiger partial charge in [0.05, 0.1) is 5.56 Å². The number of benzene rings is 1. The second-order valence-electron chi connectivity index (χ2n) is 5.07. The first-order valence-corrected chi connectivity index (χ1v) is 6.30. The van der Waals surface area contributed by atoms with Crippen LogP contribution in [0.1, 0.15) is 35.7 Å². The van der Waals surface area contributed by atoms with Crippen molar-refractivity contribution in [1.82, 2.24) is 4.90 Å². The van der Waals surface area contributed by atoms with Crippen molar-refractivity contribution in [1.29, 1.82) is 0 Å². The van der Waals surface area contributed by atoms with Crippen molar-refractivity contribution in [3.05, 3.63) is 35.1 Å².